The highest BCUT2D eigenvalue weighted by Gasteiger charge is 2.08. The molecule has 1 aliphatic rings. The molecular formula is C14H21Cl2NO. The van der Waals surface area contributed by atoms with Crippen molar-refractivity contribution >= 4 is 24.0 Å². The third kappa shape index (κ3) is 5.47. The first-order valence-corrected chi connectivity index (χ1v) is 6.83. The molecule has 1 heterocycles. The summed E-state index contributed by atoms with van der Waals surface area (Å²) in [5.41, 5.74) is 0. The van der Waals surface area contributed by atoms with E-state index in [1.54, 1.807) is 0 Å². The molecule has 0 N–H and O–H groups in total. The van der Waals surface area contributed by atoms with E-state index < -0.39 is 0 Å². The second-order valence-corrected chi connectivity index (χ2v) is 4.99. The molecule has 0 atom stereocenters. The van der Waals surface area contributed by atoms with Crippen LogP contribution < -0.4 is 4.74 Å². The summed E-state index contributed by atoms with van der Waals surface area (Å²) in [4.78, 5) is 2.50. The van der Waals surface area contributed by atoms with Crippen molar-refractivity contribution in [1.82, 2.24) is 4.90 Å². The molecule has 0 unspecified atom stereocenters. The molecule has 1 aromatic carbocycles. The van der Waals surface area contributed by atoms with Crippen LogP contribution in [0.15, 0.2) is 24.3 Å². The highest BCUT2D eigenvalue weighted by molar-refractivity contribution is 6.30. The van der Waals surface area contributed by atoms with Crippen molar-refractivity contribution in [3.8, 4) is 5.75 Å². The minimum absolute atomic E-state index is 0. The molecule has 1 aliphatic heterocycles. The standard InChI is InChI=1S/C14H20ClNO.ClH/c15-13-5-7-14(8-6-13)17-12-11-16-9-3-1-2-4-10-16;/h5-8H,1-4,9-12H2;1H. The lowest BCUT2D eigenvalue weighted by Gasteiger charge is -2.19. The third-order valence-electron chi connectivity index (χ3n) is 3.19. The van der Waals surface area contributed by atoms with Crippen LogP contribution in [0.3, 0.4) is 0 Å². The molecule has 0 aliphatic carbocycles. The Balaban J connectivity index is 0.00000162. The second kappa shape index (κ2) is 8.63. The van der Waals surface area contributed by atoms with Gasteiger partial charge in [0, 0.05) is 11.6 Å². The fourth-order valence-electron chi connectivity index (χ4n) is 2.18. The molecule has 2 nitrogen and oxygen atoms in total. The van der Waals surface area contributed by atoms with Crippen LogP contribution in [0.25, 0.3) is 0 Å². The van der Waals surface area contributed by atoms with Gasteiger partial charge in [-0.25, -0.2) is 0 Å². The highest BCUT2D eigenvalue weighted by Crippen LogP contribution is 2.15. The summed E-state index contributed by atoms with van der Waals surface area (Å²) < 4.78 is 5.70. The maximum absolute atomic E-state index is 5.82. The molecule has 2 rings (SSSR count). The number of halogens is 2. The summed E-state index contributed by atoms with van der Waals surface area (Å²) in [6, 6.07) is 7.57. The highest BCUT2D eigenvalue weighted by atomic mass is 35.5. The first-order valence-electron chi connectivity index (χ1n) is 6.45. The molecule has 1 saturated heterocycles. The van der Waals surface area contributed by atoms with E-state index in [0.717, 1.165) is 23.9 Å². The van der Waals surface area contributed by atoms with Crippen molar-refractivity contribution in [2.24, 2.45) is 0 Å². The van der Waals surface area contributed by atoms with Crippen LogP contribution in [0.4, 0.5) is 0 Å². The maximum Gasteiger partial charge on any atom is 0.119 e. The van der Waals surface area contributed by atoms with Crippen molar-refractivity contribution in [2.75, 3.05) is 26.2 Å². The van der Waals surface area contributed by atoms with Crippen molar-refractivity contribution in [2.45, 2.75) is 25.7 Å². The molecule has 0 aromatic heterocycles. The Kier molecular flexibility index (Phi) is 7.48. The van der Waals surface area contributed by atoms with Gasteiger partial charge in [-0.3, -0.25) is 4.90 Å². The van der Waals surface area contributed by atoms with Crippen molar-refractivity contribution in [3.63, 3.8) is 0 Å². The van der Waals surface area contributed by atoms with Gasteiger partial charge in [0.1, 0.15) is 12.4 Å². The quantitative estimate of drug-likeness (QED) is 0.830. The fraction of sp³-hybridized carbons (Fsp3) is 0.571. The minimum atomic E-state index is 0. The Morgan fingerprint density at radius 1 is 1.00 bits per heavy atom. The van der Waals surface area contributed by atoms with E-state index in [4.69, 9.17) is 16.3 Å². The molecule has 4 heteroatoms. The predicted molar refractivity (Wildman–Crippen MR) is 79.1 cm³/mol. The van der Waals surface area contributed by atoms with E-state index >= 15 is 0 Å². The maximum atomic E-state index is 5.82. The molecule has 0 saturated carbocycles. The molecule has 18 heavy (non-hydrogen) atoms. The number of hydrogen-bond acceptors (Lipinski definition) is 2. The van der Waals surface area contributed by atoms with Gasteiger partial charge in [0.2, 0.25) is 0 Å². The Labute approximate surface area is 121 Å². The van der Waals surface area contributed by atoms with Gasteiger partial charge in [-0.1, -0.05) is 24.4 Å². The van der Waals surface area contributed by atoms with Gasteiger partial charge < -0.3 is 4.74 Å². The number of benzene rings is 1. The normalized spacial score (nSPS) is 16.7. The molecule has 0 radical (unpaired) electrons. The molecular weight excluding hydrogens is 269 g/mol. The lowest BCUT2D eigenvalue weighted by atomic mass is 10.2. The molecule has 0 spiro atoms. The van der Waals surface area contributed by atoms with Gasteiger partial charge in [0.15, 0.2) is 0 Å². The first-order chi connectivity index (χ1) is 8.34. The van der Waals surface area contributed by atoms with Gasteiger partial charge in [-0.2, -0.15) is 0 Å². The number of hydrogen-bond donors (Lipinski definition) is 0. The summed E-state index contributed by atoms with van der Waals surface area (Å²) in [5.74, 6) is 0.907. The molecule has 102 valence electrons. The van der Waals surface area contributed by atoms with Crippen LogP contribution >= 0.6 is 24.0 Å². The average molecular weight is 290 g/mol. The van der Waals surface area contributed by atoms with E-state index in [0.29, 0.717) is 0 Å². The third-order valence-corrected chi connectivity index (χ3v) is 3.44. The summed E-state index contributed by atoms with van der Waals surface area (Å²) in [6.07, 6.45) is 5.44. The molecule has 1 fully saturated rings. The Hall–Kier alpha value is -0.440. The van der Waals surface area contributed by atoms with Gasteiger partial charge in [0.25, 0.3) is 0 Å². The van der Waals surface area contributed by atoms with Crippen LogP contribution in [0, 0.1) is 0 Å². The van der Waals surface area contributed by atoms with Crippen LogP contribution in [0.1, 0.15) is 25.7 Å². The Morgan fingerprint density at radius 2 is 1.61 bits per heavy atom. The Morgan fingerprint density at radius 3 is 2.22 bits per heavy atom. The molecule has 0 amide bonds. The van der Waals surface area contributed by atoms with E-state index in [1.807, 2.05) is 24.3 Å². The van der Waals surface area contributed by atoms with Gasteiger partial charge >= 0.3 is 0 Å². The topological polar surface area (TPSA) is 12.5 Å². The van der Waals surface area contributed by atoms with Crippen LogP contribution in [-0.2, 0) is 0 Å². The van der Waals surface area contributed by atoms with E-state index in [1.165, 1.54) is 38.8 Å². The van der Waals surface area contributed by atoms with Crippen LogP contribution in [0.5, 0.6) is 5.75 Å². The largest absolute Gasteiger partial charge is 0.492 e. The number of nitrogens with zero attached hydrogens (tertiary/aromatic N) is 1. The summed E-state index contributed by atoms with van der Waals surface area (Å²) in [5, 5.41) is 0.755. The lowest BCUT2D eigenvalue weighted by molar-refractivity contribution is 0.214. The van der Waals surface area contributed by atoms with Gasteiger partial charge in [-0.05, 0) is 50.2 Å². The zero-order valence-electron chi connectivity index (χ0n) is 10.6. The van der Waals surface area contributed by atoms with E-state index in [2.05, 4.69) is 4.90 Å². The molecule has 0 bridgehead atoms. The monoisotopic (exact) mass is 289 g/mol. The van der Waals surface area contributed by atoms with Crippen LogP contribution in [0.2, 0.25) is 5.02 Å². The van der Waals surface area contributed by atoms with E-state index in [9.17, 15) is 0 Å². The second-order valence-electron chi connectivity index (χ2n) is 4.56. The van der Waals surface area contributed by atoms with Crippen molar-refractivity contribution < 1.29 is 4.74 Å². The molecule has 1 aromatic rings. The lowest BCUT2D eigenvalue weighted by Crippen LogP contribution is -2.29. The number of ether oxygens (including phenoxy) is 1. The first kappa shape index (κ1) is 15.6. The van der Waals surface area contributed by atoms with E-state index in [-0.39, 0.29) is 12.4 Å². The van der Waals surface area contributed by atoms with Crippen LogP contribution in [-0.4, -0.2) is 31.1 Å². The SMILES string of the molecule is Cl.Clc1ccc(OCCN2CCCCCC2)cc1. The average Bonchev–Trinajstić information content (AvgIpc) is 2.60. The number of likely N-dealkylation sites (tertiary alicyclic amines) is 1. The van der Waals surface area contributed by atoms with Crippen molar-refractivity contribution in [1.29, 1.82) is 0 Å². The Bertz CT molecular complexity index is 321. The number of rotatable bonds is 4. The summed E-state index contributed by atoms with van der Waals surface area (Å²) >= 11 is 5.82. The zero-order valence-corrected chi connectivity index (χ0v) is 12.2. The summed E-state index contributed by atoms with van der Waals surface area (Å²) in [6.45, 7) is 4.25. The van der Waals surface area contributed by atoms with Crippen molar-refractivity contribution in [3.05, 3.63) is 29.3 Å². The zero-order chi connectivity index (χ0) is 11.9. The van der Waals surface area contributed by atoms with Gasteiger partial charge in [-0.15, -0.1) is 12.4 Å². The fourth-order valence-corrected chi connectivity index (χ4v) is 2.31. The predicted octanol–water partition coefficient (Wildman–Crippen LogP) is 4.02. The summed E-state index contributed by atoms with van der Waals surface area (Å²) in [7, 11) is 0. The smallest absolute Gasteiger partial charge is 0.119 e. The minimum Gasteiger partial charge on any atom is -0.492 e. The van der Waals surface area contributed by atoms with Gasteiger partial charge in [0.05, 0.1) is 0 Å².